The molecular formula is C19H13N3O2. The minimum atomic E-state index is -0.176. The molecule has 0 amide bonds. The molecule has 0 saturated heterocycles. The molecular weight excluding hydrogens is 302 g/mol. The lowest BCUT2D eigenvalue weighted by molar-refractivity contribution is 0.415. The van der Waals surface area contributed by atoms with E-state index in [0.717, 1.165) is 5.69 Å². The highest BCUT2D eigenvalue weighted by Crippen LogP contribution is 2.39. The molecule has 3 aromatic rings. The SMILES string of the molecule is COc1ccc(Nc2c(C#N)c(C#N)c(O)c3ccccc23)cc1. The maximum Gasteiger partial charge on any atom is 0.142 e. The van der Waals surface area contributed by atoms with E-state index in [2.05, 4.69) is 5.32 Å². The summed E-state index contributed by atoms with van der Waals surface area (Å²) in [6.07, 6.45) is 0. The maximum absolute atomic E-state index is 10.3. The predicted octanol–water partition coefficient (Wildman–Crippen LogP) is 4.04. The fourth-order valence-corrected chi connectivity index (χ4v) is 2.59. The lowest BCUT2D eigenvalue weighted by Crippen LogP contribution is -1.99. The molecule has 116 valence electrons. The van der Waals surface area contributed by atoms with Gasteiger partial charge in [-0.1, -0.05) is 24.3 Å². The zero-order valence-electron chi connectivity index (χ0n) is 12.9. The molecule has 0 unspecified atom stereocenters. The molecule has 0 heterocycles. The van der Waals surface area contributed by atoms with Crippen molar-refractivity contribution in [3.63, 3.8) is 0 Å². The molecule has 3 rings (SSSR count). The summed E-state index contributed by atoms with van der Waals surface area (Å²) in [5, 5.41) is 33.5. The normalized spacial score (nSPS) is 9.96. The van der Waals surface area contributed by atoms with Gasteiger partial charge in [0.15, 0.2) is 0 Å². The molecule has 0 aliphatic rings. The quantitative estimate of drug-likeness (QED) is 0.712. The summed E-state index contributed by atoms with van der Waals surface area (Å²) in [6.45, 7) is 0. The van der Waals surface area contributed by atoms with Crippen molar-refractivity contribution in [2.24, 2.45) is 0 Å². The lowest BCUT2D eigenvalue weighted by Gasteiger charge is -2.15. The van der Waals surface area contributed by atoms with Crippen LogP contribution in [0.1, 0.15) is 11.1 Å². The largest absolute Gasteiger partial charge is 0.506 e. The minimum absolute atomic E-state index is 0.0350. The van der Waals surface area contributed by atoms with Crippen LogP contribution in [-0.2, 0) is 0 Å². The number of nitrogens with zero attached hydrogens (tertiary/aromatic N) is 2. The first-order valence-electron chi connectivity index (χ1n) is 7.18. The molecule has 0 aliphatic carbocycles. The van der Waals surface area contributed by atoms with Gasteiger partial charge in [0.2, 0.25) is 0 Å². The van der Waals surface area contributed by atoms with Gasteiger partial charge in [-0.05, 0) is 24.3 Å². The average molecular weight is 315 g/mol. The van der Waals surface area contributed by atoms with E-state index in [1.807, 2.05) is 30.3 Å². The van der Waals surface area contributed by atoms with E-state index in [1.54, 1.807) is 37.4 Å². The Hall–Kier alpha value is -3.70. The van der Waals surface area contributed by atoms with Gasteiger partial charge < -0.3 is 15.2 Å². The number of phenolic OH excluding ortho intramolecular Hbond substituents is 1. The molecule has 0 spiro atoms. The second-order valence-corrected chi connectivity index (χ2v) is 5.10. The highest BCUT2D eigenvalue weighted by atomic mass is 16.5. The number of ether oxygens (including phenoxy) is 1. The minimum Gasteiger partial charge on any atom is -0.506 e. The van der Waals surface area contributed by atoms with E-state index >= 15 is 0 Å². The van der Waals surface area contributed by atoms with Crippen molar-refractivity contribution in [1.29, 1.82) is 10.5 Å². The molecule has 0 bridgehead atoms. The van der Waals surface area contributed by atoms with E-state index in [1.165, 1.54) is 0 Å². The van der Waals surface area contributed by atoms with Crippen LogP contribution in [-0.4, -0.2) is 12.2 Å². The zero-order chi connectivity index (χ0) is 17.1. The van der Waals surface area contributed by atoms with E-state index in [4.69, 9.17) is 4.74 Å². The van der Waals surface area contributed by atoms with Crippen LogP contribution < -0.4 is 10.1 Å². The molecule has 0 saturated carbocycles. The molecule has 5 nitrogen and oxygen atoms in total. The van der Waals surface area contributed by atoms with E-state index < -0.39 is 0 Å². The Kier molecular flexibility index (Phi) is 3.93. The van der Waals surface area contributed by atoms with Gasteiger partial charge in [-0.3, -0.25) is 0 Å². The van der Waals surface area contributed by atoms with Crippen molar-refractivity contribution in [3.8, 4) is 23.6 Å². The Morgan fingerprint density at radius 2 is 1.54 bits per heavy atom. The first kappa shape index (κ1) is 15.2. The van der Waals surface area contributed by atoms with Crippen LogP contribution in [0.3, 0.4) is 0 Å². The molecule has 0 fully saturated rings. The summed E-state index contributed by atoms with van der Waals surface area (Å²) in [6, 6.07) is 18.2. The van der Waals surface area contributed by atoms with Crippen molar-refractivity contribution >= 4 is 22.1 Å². The van der Waals surface area contributed by atoms with Gasteiger partial charge in [0, 0.05) is 16.5 Å². The number of benzene rings is 3. The number of hydrogen-bond donors (Lipinski definition) is 2. The van der Waals surface area contributed by atoms with Crippen LogP contribution >= 0.6 is 0 Å². The van der Waals surface area contributed by atoms with Crippen LogP contribution in [0, 0.1) is 22.7 Å². The summed E-state index contributed by atoms with van der Waals surface area (Å²) in [4.78, 5) is 0. The van der Waals surface area contributed by atoms with Crippen LogP contribution in [0.15, 0.2) is 48.5 Å². The summed E-state index contributed by atoms with van der Waals surface area (Å²) < 4.78 is 5.13. The number of anilines is 2. The molecule has 5 heteroatoms. The highest BCUT2D eigenvalue weighted by Gasteiger charge is 2.19. The second kappa shape index (κ2) is 6.20. The Balaban J connectivity index is 2.24. The van der Waals surface area contributed by atoms with Gasteiger partial charge in [0.05, 0.1) is 18.4 Å². The van der Waals surface area contributed by atoms with Crippen molar-refractivity contribution in [1.82, 2.24) is 0 Å². The monoisotopic (exact) mass is 315 g/mol. The Labute approximate surface area is 139 Å². The van der Waals surface area contributed by atoms with Crippen molar-refractivity contribution in [3.05, 3.63) is 59.7 Å². The number of aromatic hydroxyl groups is 1. The topological polar surface area (TPSA) is 89.1 Å². The van der Waals surface area contributed by atoms with Crippen LogP contribution in [0.5, 0.6) is 11.5 Å². The molecule has 0 atom stereocenters. The zero-order valence-corrected chi connectivity index (χ0v) is 12.9. The third kappa shape index (κ3) is 2.45. The summed E-state index contributed by atoms with van der Waals surface area (Å²) in [5.74, 6) is 0.541. The Bertz CT molecular complexity index is 996. The number of methoxy groups -OCH3 is 1. The van der Waals surface area contributed by atoms with Crippen LogP contribution in [0.2, 0.25) is 0 Å². The van der Waals surface area contributed by atoms with Crippen molar-refractivity contribution in [2.75, 3.05) is 12.4 Å². The summed E-state index contributed by atoms with van der Waals surface area (Å²) in [5.41, 5.74) is 1.32. The summed E-state index contributed by atoms with van der Waals surface area (Å²) >= 11 is 0. The number of nitriles is 2. The smallest absolute Gasteiger partial charge is 0.142 e. The number of nitrogens with one attached hydrogen (secondary N) is 1. The molecule has 24 heavy (non-hydrogen) atoms. The molecule has 2 N–H and O–H groups in total. The third-order valence-corrected chi connectivity index (χ3v) is 3.77. The molecule has 0 radical (unpaired) electrons. The maximum atomic E-state index is 10.3. The van der Waals surface area contributed by atoms with Gasteiger partial charge >= 0.3 is 0 Å². The van der Waals surface area contributed by atoms with Gasteiger partial charge in [-0.15, -0.1) is 0 Å². The van der Waals surface area contributed by atoms with Gasteiger partial charge in [-0.25, -0.2) is 0 Å². The van der Waals surface area contributed by atoms with Crippen LogP contribution in [0.25, 0.3) is 10.8 Å². The van der Waals surface area contributed by atoms with Gasteiger partial charge in [-0.2, -0.15) is 10.5 Å². The molecule has 0 aliphatic heterocycles. The third-order valence-electron chi connectivity index (χ3n) is 3.77. The van der Waals surface area contributed by atoms with Gasteiger partial charge in [0.25, 0.3) is 0 Å². The predicted molar refractivity (Wildman–Crippen MR) is 91.3 cm³/mol. The fourth-order valence-electron chi connectivity index (χ4n) is 2.59. The number of fused-ring (bicyclic) bond motifs is 1. The number of rotatable bonds is 3. The Morgan fingerprint density at radius 1 is 0.917 bits per heavy atom. The average Bonchev–Trinajstić information content (AvgIpc) is 2.64. The lowest BCUT2D eigenvalue weighted by atomic mass is 9.97. The molecule has 0 aromatic heterocycles. The van der Waals surface area contributed by atoms with Crippen molar-refractivity contribution < 1.29 is 9.84 Å². The second-order valence-electron chi connectivity index (χ2n) is 5.10. The number of hydrogen-bond acceptors (Lipinski definition) is 5. The van der Waals surface area contributed by atoms with E-state index in [0.29, 0.717) is 22.2 Å². The first-order valence-corrected chi connectivity index (χ1v) is 7.18. The Morgan fingerprint density at radius 3 is 2.12 bits per heavy atom. The summed E-state index contributed by atoms with van der Waals surface area (Å²) in [7, 11) is 1.59. The number of phenols is 1. The van der Waals surface area contributed by atoms with Crippen molar-refractivity contribution in [2.45, 2.75) is 0 Å². The fraction of sp³-hybridized carbons (Fsp3) is 0.0526. The van der Waals surface area contributed by atoms with E-state index in [9.17, 15) is 15.6 Å². The van der Waals surface area contributed by atoms with Crippen LogP contribution in [0.4, 0.5) is 11.4 Å². The van der Waals surface area contributed by atoms with E-state index in [-0.39, 0.29) is 16.9 Å². The highest BCUT2D eigenvalue weighted by molar-refractivity contribution is 6.03. The molecule has 3 aromatic carbocycles. The first-order chi connectivity index (χ1) is 11.7. The standard InChI is InChI=1S/C19H13N3O2/c1-24-13-8-6-12(7-9-13)22-18-14-4-2-3-5-15(14)19(23)17(11-21)16(18)10-20/h2-9,22-23H,1H3. The van der Waals surface area contributed by atoms with Gasteiger partial charge in [0.1, 0.15) is 29.2 Å².